The molecule has 0 radical (unpaired) electrons. The molecule has 6 atom stereocenters. The van der Waals surface area contributed by atoms with Crippen molar-refractivity contribution in [1.29, 1.82) is 0 Å². The summed E-state index contributed by atoms with van der Waals surface area (Å²) in [4.78, 5) is 39.3. The lowest BCUT2D eigenvalue weighted by Gasteiger charge is -2.34. The van der Waals surface area contributed by atoms with Gasteiger partial charge in [0.2, 0.25) is 0 Å². The Balaban J connectivity index is 1.68. The zero-order valence-corrected chi connectivity index (χ0v) is 31.8. The van der Waals surface area contributed by atoms with Crippen LogP contribution in [0.2, 0.25) is 5.02 Å². The van der Waals surface area contributed by atoms with Gasteiger partial charge in [0.05, 0.1) is 37.7 Å². The Kier molecular flexibility index (Phi) is 13.4. The second-order valence-electron chi connectivity index (χ2n) is 13.6. The minimum absolute atomic E-state index is 0.0459. The van der Waals surface area contributed by atoms with Gasteiger partial charge in [0.1, 0.15) is 42.9 Å². The van der Waals surface area contributed by atoms with Crippen LogP contribution in [0.25, 0.3) is 0 Å². The van der Waals surface area contributed by atoms with E-state index in [-0.39, 0.29) is 31.7 Å². The van der Waals surface area contributed by atoms with Crippen molar-refractivity contribution < 1.29 is 58.8 Å². The smallest absolute Gasteiger partial charge is 0.407 e. The molecule has 2 aliphatic heterocycles. The number of hydrogen-bond acceptors (Lipinski definition) is 15. The molecule has 292 valence electrons. The molecular weight excluding hydrogens is 754 g/mol. The van der Waals surface area contributed by atoms with Gasteiger partial charge in [0.15, 0.2) is 6.29 Å². The first-order valence-electron chi connectivity index (χ1n) is 16.0. The molecule has 52 heavy (non-hydrogen) atoms. The number of ether oxygens (including phenoxy) is 5. The number of halogens is 1. The normalized spacial score (nSPS) is 24.9. The van der Waals surface area contributed by atoms with E-state index in [0.29, 0.717) is 10.6 Å². The third-order valence-corrected chi connectivity index (χ3v) is 9.30. The van der Waals surface area contributed by atoms with Gasteiger partial charge in [0.25, 0.3) is 25.8 Å². The maximum atomic E-state index is 12.8. The number of alkyl carbamates (subject to hydrolysis) is 1. The highest BCUT2D eigenvalue weighted by molar-refractivity contribution is 7.86. The number of amides is 1. The molecule has 0 unspecified atom stereocenters. The van der Waals surface area contributed by atoms with Gasteiger partial charge < -0.3 is 34.1 Å². The second kappa shape index (κ2) is 16.6. The number of aliphatic hydroxyl groups is 1. The first-order valence-corrected chi connectivity index (χ1v) is 20.0. The number of carbonyl (C=O) groups is 1. The maximum absolute atomic E-state index is 12.8. The predicted molar refractivity (Wildman–Crippen MR) is 183 cm³/mol. The van der Waals surface area contributed by atoms with Crippen molar-refractivity contribution in [1.82, 2.24) is 14.9 Å². The first kappa shape index (κ1) is 41.8. The largest absolute Gasteiger partial charge is 0.444 e. The Bertz CT molecular complexity index is 1860. The van der Waals surface area contributed by atoms with Gasteiger partial charge >= 0.3 is 11.8 Å². The highest BCUT2D eigenvalue weighted by atomic mass is 35.5. The zero-order valence-electron chi connectivity index (χ0n) is 29.4. The third kappa shape index (κ3) is 11.8. The van der Waals surface area contributed by atoms with Crippen LogP contribution in [0.15, 0.2) is 40.1 Å². The summed E-state index contributed by atoms with van der Waals surface area (Å²) in [5.41, 5.74) is -3.31. The van der Waals surface area contributed by atoms with Crippen molar-refractivity contribution in [3.05, 3.63) is 67.4 Å². The maximum Gasteiger partial charge on any atom is 0.407 e. The summed E-state index contributed by atoms with van der Waals surface area (Å²) >= 11 is 6.04. The SMILES string of the molecule is Cc1cn([C@H]2C[C@H](O)[C@@H](CO[C@@H]3OC(COS(C)(=O)=O)(COS(C)(=O)=O)[C@@H](OCc4ccc(Cl)cc4)[C@H]3CNC(=O)OC(C)(C)C)O2)c(=O)[nH]c1=O. The van der Waals surface area contributed by atoms with E-state index in [1.54, 1.807) is 45.0 Å². The number of nitrogens with zero attached hydrogens (tertiary/aromatic N) is 1. The Hall–Kier alpha value is -2.92. The van der Waals surface area contributed by atoms with Crippen LogP contribution in [-0.4, -0.2) is 112 Å². The van der Waals surface area contributed by atoms with Crippen LogP contribution < -0.4 is 16.6 Å². The Morgan fingerprint density at radius 2 is 1.69 bits per heavy atom. The minimum atomic E-state index is -4.14. The number of nitrogens with one attached hydrogen (secondary N) is 2. The van der Waals surface area contributed by atoms with E-state index in [4.69, 9.17) is 43.7 Å². The van der Waals surface area contributed by atoms with E-state index in [1.165, 1.54) is 13.1 Å². The highest BCUT2D eigenvalue weighted by Gasteiger charge is 2.58. The van der Waals surface area contributed by atoms with E-state index in [9.17, 15) is 36.3 Å². The van der Waals surface area contributed by atoms with Gasteiger partial charge in [-0.05, 0) is 45.4 Å². The Labute approximate surface area is 305 Å². The third-order valence-electron chi connectivity index (χ3n) is 7.95. The van der Waals surface area contributed by atoms with E-state index in [0.717, 1.165) is 17.1 Å². The van der Waals surface area contributed by atoms with Crippen LogP contribution in [0.1, 0.15) is 44.5 Å². The van der Waals surface area contributed by atoms with Gasteiger partial charge in [-0.1, -0.05) is 23.7 Å². The molecule has 0 spiro atoms. The van der Waals surface area contributed by atoms with Gasteiger partial charge in [-0.2, -0.15) is 16.8 Å². The molecular formula is C31H44ClN3O15S2. The van der Waals surface area contributed by atoms with Crippen molar-refractivity contribution >= 4 is 37.9 Å². The molecule has 3 heterocycles. The fraction of sp³-hybridized carbons (Fsp3) is 0.645. The minimum Gasteiger partial charge on any atom is -0.444 e. The highest BCUT2D eigenvalue weighted by Crippen LogP contribution is 2.41. The summed E-state index contributed by atoms with van der Waals surface area (Å²) in [5.74, 6) is -1.02. The molecule has 1 amide bonds. The number of H-pyrrole nitrogens is 1. The summed E-state index contributed by atoms with van der Waals surface area (Å²) in [6.07, 6.45) is -3.84. The number of aryl methyl sites for hydroxylation is 1. The quantitative estimate of drug-likeness (QED) is 0.213. The van der Waals surface area contributed by atoms with E-state index in [2.05, 4.69) is 10.3 Å². The fourth-order valence-electron chi connectivity index (χ4n) is 5.55. The lowest BCUT2D eigenvalue weighted by molar-refractivity contribution is -0.214. The number of hydrogen-bond donors (Lipinski definition) is 3. The lowest BCUT2D eigenvalue weighted by Crippen LogP contribution is -2.52. The number of benzene rings is 1. The number of aromatic nitrogens is 2. The van der Waals surface area contributed by atoms with Gasteiger partial charge in [0, 0.05) is 29.7 Å². The summed E-state index contributed by atoms with van der Waals surface area (Å²) in [7, 11) is -8.29. The Morgan fingerprint density at radius 1 is 1.08 bits per heavy atom. The van der Waals surface area contributed by atoms with Crippen LogP contribution in [0.3, 0.4) is 0 Å². The molecule has 0 saturated carbocycles. The molecule has 2 saturated heterocycles. The molecule has 3 N–H and O–H groups in total. The van der Waals surface area contributed by atoms with Crippen molar-refractivity contribution in [3.63, 3.8) is 0 Å². The molecule has 2 aromatic rings. The molecule has 1 aromatic heterocycles. The molecule has 0 aliphatic carbocycles. The summed E-state index contributed by atoms with van der Waals surface area (Å²) < 4.78 is 90.4. The summed E-state index contributed by atoms with van der Waals surface area (Å²) in [6.45, 7) is 4.12. The molecule has 18 nitrogen and oxygen atoms in total. The number of rotatable bonds is 15. The van der Waals surface area contributed by atoms with Gasteiger partial charge in [-0.15, -0.1) is 0 Å². The Morgan fingerprint density at radius 3 is 2.27 bits per heavy atom. The van der Waals surface area contributed by atoms with Crippen molar-refractivity contribution in [2.45, 2.75) is 82.8 Å². The van der Waals surface area contributed by atoms with Crippen LogP contribution in [0, 0.1) is 12.8 Å². The first-order chi connectivity index (χ1) is 24.0. The molecule has 0 bridgehead atoms. The number of carbonyl (C=O) groups excluding carboxylic acids is 1. The average molecular weight is 798 g/mol. The average Bonchev–Trinajstić information content (AvgIpc) is 3.53. The summed E-state index contributed by atoms with van der Waals surface area (Å²) in [5, 5.41) is 14.0. The van der Waals surface area contributed by atoms with Crippen molar-refractivity contribution in [2.75, 3.05) is 38.9 Å². The predicted octanol–water partition coefficient (Wildman–Crippen LogP) is 0.937. The molecule has 2 aliphatic rings. The van der Waals surface area contributed by atoms with Crippen molar-refractivity contribution in [3.8, 4) is 0 Å². The van der Waals surface area contributed by atoms with Gasteiger partial charge in [-0.25, -0.2) is 9.59 Å². The van der Waals surface area contributed by atoms with Crippen LogP contribution >= 0.6 is 11.6 Å². The zero-order chi connectivity index (χ0) is 38.6. The monoisotopic (exact) mass is 797 g/mol. The van der Waals surface area contributed by atoms with Crippen molar-refractivity contribution in [2.24, 2.45) is 5.92 Å². The molecule has 4 rings (SSSR count). The number of aromatic amines is 1. The van der Waals surface area contributed by atoms with E-state index < -0.39 is 98.7 Å². The van der Waals surface area contributed by atoms with Gasteiger partial charge in [-0.3, -0.25) is 22.7 Å². The van der Waals surface area contributed by atoms with Crippen LogP contribution in [-0.2, 0) is 58.9 Å². The number of aliphatic hydroxyl groups excluding tert-OH is 1. The molecule has 2 fully saturated rings. The standard InChI is InChI=1S/C31H44ClN3O15S2/c1-18-13-35(28(38)34-26(18)37)24-11-22(36)23(48-24)15-45-27-21(12-33-29(39)50-30(2,3)4)25(44-14-19-7-9-20(32)10-8-19)31(49-27,16-46-51(5,40)41)17-47-52(6,42)43/h7-10,13,21-25,27,36H,11-12,14-17H2,1-6H3,(H,33,39)(H,34,37,38)/t21-,22+,23-,24-,25+,27-/m1/s1. The van der Waals surface area contributed by atoms with E-state index >= 15 is 0 Å². The lowest BCUT2D eigenvalue weighted by atomic mass is 9.90. The summed E-state index contributed by atoms with van der Waals surface area (Å²) in [6, 6.07) is 6.58. The van der Waals surface area contributed by atoms with Crippen LogP contribution in [0.4, 0.5) is 4.79 Å². The topological polar surface area (TPSA) is 237 Å². The fourth-order valence-corrected chi connectivity index (χ4v) is 6.50. The van der Waals surface area contributed by atoms with E-state index in [1.807, 2.05) is 0 Å². The van der Waals surface area contributed by atoms with Crippen LogP contribution in [0.5, 0.6) is 0 Å². The molecule has 1 aromatic carbocycles. The second-order valence-corrected chi connectivity index (χ2v) is 17.4. The molecule has 21 heteroatoms.